The van der Waals surface area contributed by atoms with Gasteiger partial charge < -0.3 is 4.74 Å². The van der Waals surface area contributed by atoms with Crippen LogP contribution in [0.5, 0.6) is 0 Å². The lowest BCUT2D eigenvalue weighted by atomic mass is 10.0. The van der Waals surface area contributed by atoms with Crippen molar-refractivity contribution < 1.29 is 14.1 Å². The second-order valence-electron chi connectivity index (χ2n) is 6.70. The van der Waals surface area contributed by atoms with Crippen LogP contribution < -0.4 is 0 Å². The van der Waals surface area contributed by atoms with E-state index in [1.807, 2.05) is 43.4 Å². The lowest BCUT2D eigenvalue weighted by Gasteiger charge is -2.14. The van der Waals surface area contributed by atoms with E-state index in [9.17, 15) is 4.79 Å². The first kappa shape index (κ1) is 22.7. The lowest BCUT2D eigenvalue weighted by molar-refractivity contribution is -0.454. The number of hydrogen-bond acceptors (Lipinski definition) is 2. The molecule has 1 amide bonds. The van der Waals surface area contributed by atoms with Crippen LogP contribution in [-0.2, 0) is 4.74 Å². The smallest absolute Gasteiger partial charge is 0.407 e. The van der Waals surface area contributed by atoms with Gasteiger partial charge in [0.25, 0.3) is 0 Å². The quantitative estimate of drug-likeness (QED) is 0.207. The number of carbonyl (C=O) groups is 1. The third kappa shape index (κ3) is 8.64. The number of amides is 1. The highest BCUT2D eigenvalue weighted by Gasteiger charge is 2.31. The predicted molar refractivity (Wildman–Crippen MR) is 119 cm³/mol. The monoisotopic (exact) mass is 440 g/mol. The van der Waals surface area contributed by atoms with Crippen molar-refractivity contribution >= 4 is 52.7 Å². The molecule has 1 heterocycles. The summed E-state index contributed by atoms with van der Waals surface area (Å²) in [4.78, 5) is 12.4. The third-order valence-electron chi connectivity index (χ3n) is 4.15. The average molecular weight is 442 g/mol. The molecule has 150 valence electrons. The summed E-state index contributed by atoms with van der Waals surface area (Å²) in [5.74, 6) is 0.257. The molecule has 0 saturated heterocycles. The Morgan fingerprint density at radius 1 is 1.25 bits per heavy atom. The van der Waals surface area contributed by atoms with Gasteiger partial charge in [-0.25, -0.2) is 0 Å². The van der Waals surface area contributed by atoms with E-state index >= 15 is 0 Å². The number of allylic oxidation sites excluding steroid dienone is 4. The Balaban J connectivity index is 1.85. The zero-order chi connectivity index (χ0) is 20.4. The minimum absolute atomic E-state index is 0.257. The number of nitrogens with zero attached hydrogens (tertiary/aromatic N) is 1. The maximum absolute atomic E-state index is 12.4. The maximum atomic E-state index is 12.4. The molecule has 1 atom stereocenters. The van der Waals surface area contributed by atoms with E-state index in [1.54, 1.807) is 4.58 Å². The van der Waals surface area contributed by atoms with E-state index in [-0.39, 0.29) is 12.5 Å². The summed E-state index contributed by atoms with van der Waals surface area (Å²) < 4.78 is 5.17. The number of alkyl halides is 3. The zero-order valence-corrected chi connectivity index (χ0v) is 18.1. The van der Waals surface area contributed by atoms with E-state index in [0.717, 1.165) is 25.0 Å². The van der Waals surface area contributed by atoms with Gasteiger partial charge in [0.1, 0.15) is 6.61 Å². The Morgan fingerprint density at radius 3 is 2.71 bits per heavy atom. The fourth-order valence-corrected chi connectivity index (χ4v) is 2.93. The number of halogens is 3. The van der Waals surface area contributed by atoms with Crippen LogP contribution in [0.4, 0.5) is 4.79 Å². The molecule has 1 unspecified atom stereocenters. The van der Waals surface area contributed by atoms with Crippen molar-refractivity contribution in [1.82, 2.24) is 0 Å². The number of benzene rings is 1. The first-order chi connectivity index (χ1) is 13.3. The predicted octanol–water partition coefficient (Wildman–Crippen LogP) is 6.59. The van der Waals surface area contributed by atoms with Gasteiger partial charge in [0, 0.05) is 18.4 Å². The minimum atomic E-state index is -1.61. The fourth-order valence-electron chi connectivity index (χ4n) is 2.77. The van der Waals surface area contributed by atoms with Crippen LogP contribution in [0.1, 0.15) is 31.7 Å². The van der Waals surface area contributed by atoms with Gasteiger partial charge in [0.15, 0.2) is 12.3 Å². The minimum Gasteiger partial charge on any atom is -0.407 e. The molecule has 28 heavy (non-hydrogen) atoms. The van der Waals surface area contributed by atoms with Gasteiger partial charge in [-0.1, -0.05) is 102 Å². The molecule has 6 heteroatoms. The first-order valence-corrected chi connectivity index (χ1v) is 10.4. The highest BCUT2D eigenvalue weighted by atomic mass is 35.6. The van der Waals surface area contributed by atoms with E-state index in [0.29, 0.717) is 6.54 Å². The van der Waals surface area contributed by atoms with Crippen molar-refractivity contribution in [3.63, 3.8) is 0 Å². The molecule has 1 aliphatic rings. The lowest BCUT2D eigenvalue weighted by Crippen LogP contribution is -2.35. The topological polar surface area (TPSA) is 29.3 Å². The van der Waals surface area contributed by atoms with Gasteiger partial charge in [0.2, 0.25) is 3.79 Å². The van der Waals surface area contributed by atoms with E-state index in [2.05, 4.69) is 30.4 Å². The van der Waals surface area contributed by atoms with Crippen molar-refractivity contribution in [1.29, 1.82) is 0 Å². The Labute approximate surface area is 181 Å². The molecule has 0 N–H and O–H groups in total. The molecule has 0 fully saturated rings. The maximum Gasteiger partial charge on any atom is 0.596 e. The molecule has 0 aliphatic carbocycles. The Kier molecular flexibility index (Phi) is 9.30. The van der Waals surface area contributed by atoms with Crippen LogP contribution in [0.3, 0.4) is 0 Å². The van der Waals surface area contributed by atoms with Gasteiger partial charge in [-0.15, -0.1) is 4.58 Å². The van der Waals surface area contributed by atoms with Gasteiger partial charge >= 0.3 is 6.09 Å². The summed E-state index contributed by atoms with van der Waals surface area (Å²) in [5, 5.41) is 0. The van der Waals surface area contributed by atoms with Crippen molar-refractivity contribution in [2.24, 2.45) is 5.92 Å². The van der Waals surface area contributed by atoms with Gasteiger partial charge in [-0.05, 0) is 18.4 Å². The van der Waals surface area contributed by atoms with Crippen molar-refractivity contribution in [3.05, 3.63) is 66.3 Å². The number of carbonyl (C=O) groups excluding carboxylic acids is 1. The van der Waals surface area contributed by atoms with Crippen LogP contribution in [0.25, 0.3) is 6.08 Å². The summed E-state index contributed by atoms with van der Waals surface area (Å²) in [6.45, 7) is 2.35. The highest BCUT2D eigenvalue weighted by molar-refractivity contribution is 6.67. The second kappa shape index (κ2) is 11.5. The van der Waals surface area contributed by atoms with Crippen LogP contribution in [0.2, 0.25) is 0 Å². The van der Waals surface area contributed by atoms with Gasteiger partial charge in [0.05, 0.1) is 0 Å². The second-order valence-corrected chi connectivity index (χ2v) is 9.21. The summed E-state index contributed by atoms with van der Waals surface area (Å²) in [5.41, 5.74) is 2.11. The largest absolute Gasteiger partial charge is 0.596 e. The highest BCUT2D eigenvalue weighted by Crippen LogP contribution is 2.26. The van der Waals surface area contributed by atoms with Gasteiger partial charge in [-0.2, -0.15) is 4.79 Å². The number of ether oxygens (including phenoxy) is 1. The molecule has 0 aromatic heterocycles. The van der Waals surface area contributed by atoms with Crippen molar-refractivity contribution in [2.75, 3.05) is 13.2 Å². The van der Waals surface area contributed by atoms with E-state index in [1.165, 1.54) is 5.56 Å². The SMILES string of the molecule is CC1C=CC(CCC/C=C/C=C/c2ccccc2)=[N+](C(=O)OCC(Cl)(Cl)Cl)C1. The average Bonchev–Trinajstić information content (AvgIpc) is 2.66. The van der Waals surface area contributed by atoms with E-state index < -0.39 is 9.89 Å². The first-order valence-electron chi connectivity index (χ1n) is 9.28. The number of hydrogen-bond donors (Lipinski definition) is 0. The van der Waals surface area contributed by atoms with Crippen LogP contribution in [0, 0.1) is 5.92 Å². The zero-order valence-electron chi connectivity index (χ0n) is 15.9. The molecule has 0 saturated carbocycles. The molecule has 0 radical (unpaired) electrons. The van der Waals surface area contributed by atoms with Crippen LogP contribution in [-0.4, -0.2) is 33.3 Å². The molecule has 0 bridgehead atoms. The summed E-state index contributed by atoms with van der Waals surface area (Å²) in [6.07, 6.45) is 14.5. The Morgan fingerprint density at radius 2 is 2.00 bits per heavy atom. The summed E-state index contributed by atoms with van der Waals surface area (Å²) >= 11 is 17.0. The standard InChI is InChI=1S/C22H25Cl3NO2/c1-18-14-15-20(26(16-18)21(27)28-17-22(23,24)25)13-9-4-2-3-6-10-19-11-7-5-8-12-19/h2-3,5-8,10-12,14-15,18H,4,9,13,16-17H2,1H3/q+1/b3-2+,10-6+. The third-order valence-corrected chi connectivity index (χ3v) is 4.48. The molecule has 0 spiro atoms. The molecule has 1 aromatic carbocycles. The Bertz CT molecular complexity index is 762. The van der Waals surface area contributed by atoms with E-state index in [4.69, 9.17) is 39.5 Å². The Hall–Kier alpha value is -1.55. The fraction of sp³-hybridized carbons (Fsp3) is 0.364. The molecular formula is C22H25Cl3NO2+. The van der Waals surface area contributed by atoms with Crippen LogP contribution >= 0.6 is 34.8 Å². The molecule has 3 nitrogen and oxygen atoms in total. The number of rotatable bonds is 7. The van der Waals surface area contributed by atoms with Gasteiger partial charge in [-0.3, -0.25) is 0 Å². The molecular weight excluding hydrogens is 417 g/mol. The van der Waals surface area contributed by atoms with Crippen LogP contribution in [0.15, 0.2) is 60.7 Å². The number of unbranched alkanes of at least 4 members (excludes halogenated alkanes) is 1. The molecule has 1 aromatic rings. The molecule has 1 aliphatic heterocycles. The summed E-state index contributed by atoms with van der Waals surface area (Å²) in [6, 6.07) is 10.2. The van der Waals surface area contributed by atoms with Crippen molar-refractivity contribution in [3.8, 4) is 0 Å². The summed E-state index contributed by atoms with van der Waals surface area (Å²) in [7, 11) is 0. The van der Waals surface area contributed by atoms with Crippen molar-refractivity contribution in [2.45, 2.75) is 30.0 Å². The normalized spacial score (nSPS) is 17.6. The molecule has 2 rings (SSSR count).